The van der Waals surface area contributed by atoms with Crippen LogP contribution in [0.5, 0.6) is 0 Å². The first-order valence-corrected chi connectivity index (χ1v) is 2.41. The van der Waals surface area contributed by atoms with Gasteiger partial charge in [-0.25, -0.2) is 0 Å². The summed E-state index contributed by atoms with van der Waals surface area (Å²) < 4.78 is 0. The molecule has 0 spiro atoms. The first kappa shape index (κ1) is 9.99. The monoisotopic (exact) mass is 250 g/mol. The minimum Gasteiger partial charge on any atom is -0.0881 e. The van der Waals surface area contributed by atoms with Gasteiger partial charge in [0, 0.05) is 21.1 Å². The summed E-state index contributed by atoms with van der Waals surface area (Å²) in [7, 11) is 4.94. The van der Waals surface area contributed by atoms with Crippen LogP contribution in [-0.2, 0) is 21.1 Å². The predicted octanol–water partition coefficient (Wildman–Crippen LogP) is -1.24. The SMILES string of the molecule is BBBCC.[W]. The molecule has 32 valence electrons. The number of hydrogen-bond acceptors (Lipinski definition) is 0. The maximum absolute atomic E-state index is 2.21. The molecule has 0 aromatic carbocycles. The molecule has 0 nitrogen and oxygen atoms in total. The van der Waals surface area contributed by atoms with Gasteiger partial charge in [-0.1, -0.05) is 13.2 Å². The van der Waals surface area contributed by atoms with Crippen LogP contribution in [-0.4, -0.2) is 22.0 Å². The number of hydrogen-bond donors (Lipinski definition) is 0. The van der Waals surface area contributed by atoms with E-state index in [0.717, 1.165) is 0 Å². The summed E-state index contributed by atoms with van der Waals surface area (Å²) in [5.41, 5.74) is 0. The quantitative estimate of drug-likeness (QED) is 0.537. The molecule has 0 atom stereocenters. The third kappa shape index (κ3) is 8.86. The molecule has 6 heavy (non-hydrogen) atoms. The molecule has 0 aliphatic heterocycles. The van der Waals surface area contributed by atoms with Crippen molar-refractivity contribution < 1.29 is 21.1 Å². The van der Waals surface area contributed by atoms with Gasteiger partial charge in [0.25, 0.3) is 0 Å². The van der Waals surface area contributed by atoms with Crippen LogP contribution in [0.15, 0.2) is 0 Å². The molecule has 0 heterocycles. The predicted molar refractivity (Wildman–Crippen MR) is 33.3 cm³/mol. The normalized spacial score (nSPS) is 5.50. The van der Waals surface area contributed by atoms with Gasteiger partial charge in [-0.15, -0.1) is 0 Å². The smallest absolute Gasteiger partial charge is 0.0776 e. The molecular formula is C2H9B3W. The average molecular weight is 249 g/mol. The summed E-state index contributed by atoms with van der Waals surface area (Å²) >= 11 is 0. The maximum Gasteiger partial charge on any atom is 0.0776 e. The Morgan fingerprint density at radius 2 is 2.17 bits per heavy atom. The Balaban J connectivity index is 0. The molecule has 0 rings (SSSR count). The molecule has 0 aromatic rings. The minimum atomic E-state index is 0. The van der Waals surface area contributed by atoms with E-state index in [1.165, 1.54) is 20.6 Å². The Morgan fingerprint density at radius 1 is 1.67 bits per heavy atom. The van der Waals surface area contributed by atoms with Crippen LogP contribution in [0, 0.1) is 0 Å². The molecule has 0 N–H and O–H groups in total. The van der Waals surface area contributed by atoms with Gasteiger partial charge in [0.05, 0.1) is 22.0 Å². The van der Waals surface area contributed by atoms with Crippen molar-refractivity contribution >= 4 is 22.0 Å². The zero-order valence-electron chi connectivity index (χ0n) is 4.53. The molecule has 0 amide bonds. The van der Waals surface area contributed by atoms with E-state index in [1.807, 2.05) is 0 Å². The van der Waals surface area contributed by atoms with Crippen LogP contribution in [0.4, 0.5) is 0 Å². The van der Waals surface area contributed by atoms with Crippen molar-refractivity contribution in [2.45, 2.75) is 13.2 Å². The fraction of sp³-hybridized carbons (Fsp3) is 1.00. The maximum atomic E-state index is 2.21. The molecule has 0 unspecified atom stereocenters. The Bertz CT molecular complexity index is 16.3. The summed E-state index contributed by atoms with van der Waals surface area (Å²) in [6, 6.07) is 0. The van der Waals surface area contributed by atoms with Crippen LogP contribution < -0.4 is 0 Å². The van der Waals surface area contributed by atoms with E-state index >= 15 is 0 Å². The van der Waals surface area contributed by atoms with Crippen molar-refractivity contribution in [3.05, 3.63) is 0 Å². The fourth-order valence-electron chi connectivity index (χ4n) is 0.354. The summed E-state index contributed by atoms with van der Waals surface area (Å²) in [6.45, 7) is 2.21. The summed E-state index contributed by atoms with van der Waals surface area (Å²) in [5.74, 6) is 0. The average Bonchev–Trinajstić information content (AvgIpc) is 1.41. The van der Waals surface area contributed by atoms with E-state index in [-0.39, 0.29) is 21.1 Å². The third-order valence-electron chi connectivity index (χ3n) is 0.707. The van der Waals surface area contributed by atoms with Gasteiger partial charge in [0.15, 0.2) is 0 Å². The van der Waals surface area contributed by atoms with Gasteiger partial charge < -0.3 is 0 Å². The van der Waals surface area contributed by atoms with Gasteiger partial charge in [-0.3, -0.25) is 0 Å². The second-order valence-electron chi connectivity index (χ2n) is 1.35. The van der Waals surface area contributed by atoms with E-state index in [1.54, 1.807) is 0 Å². The fourth-order valence-corrected chi connectivity index (χ4v) is 0.354. The molecule has 0 aliphatic rings. The van der Waals surface area contributed by atoms with Gasteiger partial charge in [-0.2, -0.15) is 0 Å². The van der Waals surface area contributed by atoms with Crippen molar-refractivity contribution in [3.63, 3.8) is 0 Å². The van der Waals surface area contributed by atoms with Crippen molar-refractivity contribution in [1.29, 1.82) is 0 Å². The molecule has 0 saturated carbocycles. The second-order valence-corrected chi connectivity index (χ2v) is 1.35. The van der Waals surface area contributed by atoms with E-state index in [4.69, 9.17) is 0 Å². The first-order chi connectivity index (χ1) is 2.41. The van der Waals surface area contributed by atoms with Crippen LogP contribution in [0.3, 0.4) is 0 Å². The Hall–Kier alpha value is 0.883. The van der Waals surface area contributed by atoms with Crippen LogP contribution in [0.2, 0.25) is 6.32 Å². The molecule has 4 heteroatoms. The van der Waals surface area contributed by atoms with Gasteiger partial charge >= 0.3 is 0 Å². The van der Waals surface area contributed by atoms with Gasteiger partial charge in [-0.05, 0) is 0 Å². The van der Waals surface area contributed by atoms with Crippen molar-refractivity contribution in [2.75, 3.05) is 0 Å². The summed E-state index contributed by atoms with van der Waals surface area (Å²) in [5, 5.41) is 0. The van der Waals surface area contributed by atoms with Crippen molar-refractivity contribution in [3.8, 4) is 0 Å². The zero-order chi connectivity index (χ0) is 4.12. The van der Waals surface area contributed by atoms with E-state index < -0.39 is 0 Å². The van der Waals surface area contributed by atoms with Crippen LogP contribution in [0.25, 0.3) is 0 Å². The molecule has 0 bridgehead atoms. The zero-order valence-corrected chi connectivity index (χ0v) is 7.46. The Labute approximate surface area is 56.6 Å². The van der Waals surface area contributed by atoms with Crippen LogP contribution in [0.1, 0.15) is 6.92 Å². The Morgan fingerprint density at radius 3 is 2.17 bits per heavy atom. The Kier molecular flexibility index (Phi) is 15.5. The van der Waals surface area contributed by atoms with Gasteiger partial charge in [0.2, 0.25) is 0 Å². The standard InChI is InChI=1S/C2H9B3.W/c1-2-4-5-3;/h4-5H,2-3H2,1H3;. The van der Waals surface area contributed by atoms with E-state index in [2.05, 4.69) is 14.7 Å². The van der Waals surface area contributed by atoms with E-state index in [9.17, 15) is 0 Å². The molecular weight excluding hydrogens is 240 g/mol. The topological polar surface area (TPSA) is 0 Å². The third-order valence-corrected chi connectivity index (χ3v) is 0.707. The molecule has 0 aromatic heterocycles. The van der Waals surface area contributed by atoms with Crippen molar-refractivity contribution in [2.24, 2.45) is 0 Å². The second kappa shape index (κ2) is 9.30. The first-order valence-electron chi connectivity index (χ1n) is 2.41. The largest absolute Gasteiger partial charge is 0.0881 e. The molecule has 0 aliphatic carbocycles. The van der Waals surface area contributed by atoms with Crippen LogP contribution >= 0.6 is 0 Å². The van der Waals surface area contributed by atoms with Crippen molar-refractivity contribution in [1.82, 2.24) is 0 Å². The summed E-state index contributed by atoms with van der Waals surface area (Å²) in [4.78, 5) is 0. The van der Waals surface area contributed by atoms with Gasteiger partial charge in [0.1, 0.15) is 0 Å². The molecule has 0 saturated heterocycles. The molecule has 0 fully saturated rings. The minimum absolute atomic E-state index is 0. The molecule has 0 radical (unpaired) electrons. The van der Waals surface area contributed by atoms with E-state index in [0.29, 0.717) is 0 Å². The number of rotatable bonds is 2. The summed E-state index contributed by atoms with van der Waals surface area (Å²) in [6.07, 6.45) is 1.34.